The summed E-state index contributed by atoms with van der Waals surface area (Å²) in [5, 5.41) is 3.03. The first-order valence-electron chi connectivity index (χ1n) is 5.97. The third-order valence-corrected chi connectivity index (χ3v) is 4.20. The van der Waals surface area contributed by atoms with Crippen molar-refractivity contribution < 1.29 is 4.79 Å². The smallest absolute Gasteiger partial charge is 0.220 e. The largest absolute Gasteiger partial charge is 0.356 e. The van der Waals surface area contributed by atoms with Crippen LogP contribution in [0.25, 0.3) is 0 Å². The second-order valence-electron chi connectivity index (χ2n) is 5.27. The molecule has 0 aromatic heterocycles. The van der Waals surface area contributed by atoms with Crippen LogP contribution in [0.4, 0.5) is 0 Å². The maximum absolute atomic E-state index is 11.1. The van der Waals surface area contributed by atoms with Gasteiger partial charge in [0.15, 0.2) is 0 Å². The number of carbonyl (C=O) groups excluding carboxylic acids is 1. The quantitative estimate of drug-likeness (QED) is 0.684. The molecule has 1 aliphatic carbocycles. The SMILES string of the molecule is CC1(C2CCCCC2)CCC(=O)NC1. The molecule has 2 fully saturated rings. The number of amides is 1. The molecule has 0 spiro atoms. The van der Waals surface area contributed by atoms with Gasteiger partial charge in [0.05, 0.1) is 0 Å². The lowest BCUT2D eigenvalue weighted by atomic mass is 9.66. The molecule has 1 heterocycles. The Hall–Kier alpha value is -0.530. The normalized spacial score (nSPS) is 35.4. The van der Waals surface area contributed by atoms with Crippen molar-refractivity contribution >= 4 is 5.91 Å². The highest BCUT2D eigenvalue weighted by molar-refractivity contribution is 5.76. The van der Waals surface area contributed by atoms with Gasteiger partial charge in [-0.1, -0.05) is 26.2 Å². The van der Waals surface area contributed by atoms with Crippen molar-refractivity contribution in [1.29, 1.82) is 0 Å². The van der Waals surface area contributed by atoms with E-state index < -0.39 is 0 Å². The van der Waals surface area contributed by atoms with Gasteiger partial charge in [-0.15, -0.1) is 0 Å². The number of hydrogen-bond acceptors (Lipinski definition) is 1. The molecule has 1 unspecified atom stereocenters. The van der Waals surface area contributed by atoms with E-state index in [1.54, 1.807) is 0 Å². The lowest BCUT2D eigenvalue weighted by Gasteiger charge is -2.42. The summed E-state index contributed by atoms with van der Waals surface area (Å²) in [6, 6.07) is 0. The van der Waals surface area contributed by atoms with Gasteiger partial charge in [0.25, 0.3) is 0 Å². The van der Waals surface area contributed by atoms with Crippen LogP contribution in [0.2, 0.25) is 0 Å². The van der Waals surface area contributed by atoms with Gasteiger partial charge >= 0.3 is 0 Å². The van der Waals surface area contributed by atoms with E-state index in [1.165, 1.54) is 32.1 Å². The minimum absolute atomic E-state index is 0.248. The third-order valence-electron chi connectivity index (χ3n) is 4.20. The Kier molecular flexibility index (Phi) is 2.80. The molecule has 1 saturated carbocycles. The molecule has 1 atom stereocenters. The fourth-order valence-electron chi connectivity index (χ4n) is 3.02. The molecule has 1 aliphatic heterocycles. The highest BCUT2D eigenvalue weighted by Crippen LogP contribution is 2.42. The standard InChI is InChI=1S/C12H21NO/c1-12(8-7-11(14)13-9-12)10-5-3-2-4-6-10/h10H,2-9H2,1H3,(H,13,14). The molecule has 14 heavy (non-hydrogen) atoms. The van der Waals surface area contributed by atoms with Crippen molar-refractivity contribution in [3.8, 4) is 0 Å². The van der Waals surface area contributed by atoms with Crippen molar-refractivity contribution in [2.75, 3.05) is 6.54 Å². The molecular formula is C12H21NO. The van der Waals surface area contributed by atoms with Gasteiger partial charge in [0.1, 0.15) is 0 Å². The van der Waals surface area contributed by atoms with E-state index in [1.807, 2.05) is 0 Å². The summed E-state index contributed by atoms with van der Waals surface area (Å²) in [6.45, 7) is 3.28. The lowest BCUT2D eigenvalue weighted by molar-refractivity contribution is -0.125. The van der Waals surface area contributed by atoms with Crippen LogP contribution in [0.1, 0.15) is 51.9 Å². The zero-order valence-electron chi connectivity index (χ0n) is 9.14. The van der Waals surface area contributed by atoms with Crippen LogP contribution in [-0.4, -0.2) is 12.5 Å². The second kappa shape index (κ2) is 3.92. The summed E-state index contributed by atoms with van der Waals surface area (Å²) in [7, 11) is 0. The van der Waals surface area contributed by atoms with Crippen LogP contribution in [0.3, 0.4) is 0 Å². The average Bonchev–Trinajstić information content (AvgIpc) is 2.24. The van der Waals surface area contributed by atoms with Gasteiger partial charge in [-0.3, -0.25) is 4.79 Å². The Labute approximate surface area is 86.5 Å². The van der Waals surface area contributed by atoms with E-state index in [2.05, 4.69) is 12.2 Å². The molecule has 0 aromatic carbocycles. The Balaban J connectivity index is 1.96. The molecule has 1 N–H and O–H groups in total. The zero-order valence-corrected chi connectivity index (χ0v) is 9.14. The molecule has 2 rings (SSSR count). The maximum Gasteiger partial charge on any atom is 0.220 e. The predicted octanol–water partition coefficient (Wildman–Crippen LogP) is 2.48. The van der Waals surface area contributed by atoms with Gasteiger partial charge in [-0.2, -0.15) is 0 Å². The van der Waals surface area contributed by atoms with Crippen LogP contribution < -0.4 is 5.32 Å². The van der Waals surface area contributed by atoms with E-state index in [4.69, 9.17) is 0 Å². The minimum atomic E-state index is 0.248. The first-order valence-corrected chi connectivity index (χ1v) is 5.97. The second-order valence-corrected chi connectivity index (χ2v) is 5.27. The van der Waals surface area contributed by atoms with E-state index >= 15 is 0 Å². The summed E-state index contributed by atoms with van der Waals surface area (Å²) in [6.07, 6.45) is 8.82. The van der Waals surface area contributed by atoms with Crippen LogP contribution in [0.15, 0.2) is 0 Å². The van der Waals surface area contributed by atoms with Gasteiger partial charge in [0, 0.05) is 13.0 Å². The fraction of sp³-hybridized carbons (Fsp3) is 0.917. The Bertz CT molecular complexity index is 208. The average molecular weight is 195 g/mol. The van der Waals surface area contributed by atoms with Crippen LogP contribution >= 0.6 is 0 Å². The van der Waals surface area contributed by atoms with Crippen LogP contribution in [0.5, 0.6) is 0 Å². The first kappa shape index (κ1) is 10.0. The Morgan fingerprint density at radius 3 is 2.57 bits per heavy atom. The van der Waals surface area contributed by atoms with E-state index in [0.717, 1.165) is 25.3 Å². The van der Waals surface area contributed by atoms with Crippen LogP contribution in [-0.2, 0) is 4.79 Å². The van der Waals surface area contributed by atoms with Gasteiger partial charge in [-0.05, 0) is 30.6 Å². The summed E-state index contributed by atoms with van der Waals surface area (Å²) in [5.74, 6) is 1.11. The summed E-state index contributed by atoms with van der Waals surface area (Å²) in [5.41, 5.74) is 0.397. The molecule has 2 aliphatic rings. The lowest BCUT2D eigenvalue weighted by Crippen LogP contribution is -2.46. The van der Waals surface area contributed by atoms with Crippen molar-refractivity contribution in [1.82, 2.24) is 5.32 Å². The molecule has 0 bridgehead atoms. The third kappa shape index (κ3) is 1.94. The van der Waals surface area contributed by atoms with Gasteiger partial charge in [0.2, 0.25) is 5.91 Å². The Morgan fingerprint density at radius 2 is 2.00 bits per heavy atom. The van der Waals surface area contributed by atoms with Crippen LogP contribution in [0, 0.1) is 11.3 Å². The summed E-state index contributed by atoms with van der Waals surface area (Å²) in [4.78, 5) is 11.1. The highest BCUT2D eigenvalue weighted by atomic mass is 16.1. The molecule has 1 saturated heterocycles. The summed E-state index contributed by atoms with van der Waals surface area (Å²) < 4.78 is 0. The van der Waals surface area contributed by atoms with Gasteiger partial charge in [-0.25, -0.2) is 0 Å². The minimum Gasteiger partial charge on any atom is -0.356 e. The molecule has 2 heteroatoms. The number of carbonyl (C=O) groups is 1. The molecule has 0 aromatic rings. The van der Waals surface area contributed by atoms with Crippen molar-refractivity contribution in [2.24, 2.45) is 11.3 Å². The summed E-state index contributed by atoms with van der Waals surface area (Å²) >= 11 is 0. The first-order chi connectivity index (χ1) is 6.71. The van der Waals surface area contributed by atoms with Gasteiger partial charge < -0.3 is 5.32 Å². The number of piperidine rings is 1. The number of hydrogen-bond donors (Lipinski definition) is 1. The number of rotatable bonds is 1. The van der Waals surface area contributed by atoms with Crippen molar-refractivity contribution in [3.63, 3.8) is 0 Å². The molecule has 0 radical (unpaired) electrons. The maximum atomic E-state index is 11.1. The van der Waals surface area contributed by atoms with Crippen molar-refractivity contribution in [2.45, 2.75) is 51.9 Å². The van der Waals surface area contributed by atoms with Crippen molar-refractivity contribution in [3.05, 3.63) is 0 Å². The number of nitrogens with one attached hydrogen (secondary N) is 1. The van der Waals surface area contributed by atoms with E-state index in [9.17, 15) is 4.79 Å². The zero-order chi connectivity index (χ0) is 10.0. The van der Waals surface area contributed by atoms with E-state index in [0.29, 0.717) is 5.41 Å². The fourth-order valence-corrected chi connectivity index (χ4v) is 3.02. The molecular weight excluding hydrogens is 174 g/mol. The monoisotopic (exact) mass is 195 g/mol. The highest BCUT2D eigenvalue weighted by Gasteiger charge is 2.37. The topological polar surface area (TPSA) is 29.1 Å². The molecule has 2 nitrogen and oxygen atoms in total. The predicted molar refractivity (Wildman–Crippen MR) is 56.9 cm³/mol. The van der Waals surface area contributed by atoms with E-state index in [-0.39, 0.29) is 5.91 Å². The molecule has 80 valence electrons. The Morgan fingerprint density at radius 1 is 1.29 bits per heavy atom. The molecule has 1 amide bonds.